The number of pyridine rings is 1. The molecular weight excluding hydrogens is 368 g/mol. The molecule has 2 rings (SSSR count). The summed E-state index contributed by atoms with van der Waals surface area (Å²) in [6.45, 7) is 5.55. The summed E-state index contributed by atoms with van der Waals surface area (Å²) >= 11 is 5.87. The molecule has 0 aromatic carbocycles. The smallest absolute Gasteiger partial charge is 0.365 e. The van der Waals surface area contributed by atoms with E-state index >= 15 is 0 Å². The lowest BCUT2D eigenvalue weighted by Gasteiger charge is -2.21. The first-order chi connectivity index (χ1) is 12.5. The Hall–Kier alpha value is -2.38. The average Bonchev–Trinajstić information content (AvgIpc) is 2.97. The van der Waals surface area contributed by atoms with E-state index in [0.717, 1.165) is 0 Å². The summed E-state index contributed by atoms with van der Waals surface area (Å²) in [6, 6.07) is 5.00. The van der Waals surface area contributed by atoms with E-state index in [-0.39, 0.29) is 33.7 Å². The highest BCUT2D eigenvalue weighted by Gasteiger charge is 2.31. The van der Waals surface area contributed by atoms with Crippen LogP contribution in [-0.2, 0) is 0 Å². The Kier molecular flexibility index (Phi) is 6.28. The number of carbonyl (C=O) groups is 2. The number of nitrogens with one attached hydrogen (secondary N) is 2. The number of aromatic amines is 1. The third-order valence-corrected chi connectivity index (χ3v) is 3.96. The van der Waals surface area contributed by atoms with Gasteiger partial charge in [-0.1, -0.05) is 11.6 Å². The number of carbonyl (C=O) groups excluding carboxylic acids is 2. The summed E-state index contributed by atoms with van der Waals surface area (Å²) in [5, 5.41) is 3.33. The van der Waals surface area contributed by atoms with E-state index in [2.05, 4.69) is 15.3 Å². The number of rotatable bonds is 6. The molecule has 7 nitrogen and oxygen atoms in total. The summed E-state index contributed by atoms with van der Waals surface area (Å²) in [7, 11) is 5.26. The predicted octanol–water partition coefficient (Wildman–Crippen LogP) is 3.19. The number of amides is 2. The van der Waals surface area contributed by atoms with E-state index in [1.165, 1.54) is 6.20 Å². The molecule has 8 heteroatoms. The van der Waals surface area contributed by atoms with E-state index in [0.29, 0.717) is 16.5 Å². The maximum absolute atomic E-state index is 12.8. The van der Waals surface area contributed by atoms with Gasteiger partial charge in [0, 0.05) is 18.3 Å². The Morgan fingerprint density at radius 1 is 1.22 bits per heavy atom. The summed E-state index contributed by atoms with van der Waals surface area (Å²) in [4.78, 5) is 32.3. The predicted molar refractivity (Wildman–Crippen MR) is 104 cm³/mol. The van der Waals surface area contributed by atoms with E-state index in [1.807, 2.05) is 20.8 Å². The lowest BCUT2D eigenvalue weighted by atomic mass is 10.2. The van der Waals surface area contributed by atoms with Crippen LogP contribution in [0.25, 0.3) is 0 Å². The number of hydrogen-bond acceptors (Lipinski definition) is 4. The van der Waals surface area contributed by atoms with E-state index in [4.69, 9.17) is 16.3 Å². The van der Waals surface area contributed by atoms with Gasteiger partial charge in [-0.3, -0.25) is 14.3 Å². The van der Waals surface area contributed by atoms with Gasteiger partial charge in [0.2, 0.25) is 0 Å². The lowest BCUT2D eigenvalue weighted by Crippen LogP contribution is -2.41. The molecule has 146 valence electrons. The number of halogens is 1. The van der Waals surface area contributed by atoms with E-state index in [9.17, 15) is 9.59 Å². The minimum atomic E-state index is -0.432. The van der Waals surface area contributed by atoms with Gasteiger partial charge >= 0.3 is 5.91 Å². The molecule has 0 spiro atoms. The number of aromatic nitrogens is 2. The van der Waals surface area contributed by atoms with Crippen molar-refractivity contribution in [2.24, 2.45) is 0 Å². The fraction of sp³-hybridized carbons (Fsp3) is 0.421. The minimum Gasteiger partial charge on any atom is -0.482 e. The molecule has 2 aromatic rings. The Morgan fingerprint density at radius 2 is 1.89 bits per heavy atom. The Bertz CT molecular complexity index is 822. The number of quaternary nitrogens is 1. The second-order valence-electron chi connectivity index (χ2n) is 7.53. The van der Waals surface area contributed by atoms with Crippen LogP contribution in [0.4, 0.5) is 0 Å². The van der Waals surface area contributed by atoms with Gasteiger partial charge in [-0.15, -0.1) is 0 Å². The molecule has 2 aromatic heterocycles. The van der Waals surface area contributed by atoms with E-state index < -0.39 is 6.10 Å². The van der Waals surface area contributed by atoms with Crippen molar-refractivity contribution in [3.63, 3.8) is 0 Å². The number of H-pyrrole nitrogens is 1. The minimum absolute atomic E-state index is 0.0279. The first-order valence-corrected chi connectivity index (χ1v) is 9.05. The topological polar surface area (TPSA) is 84.1 Å². The lowest BCUT2D eigenvalue weighted by molar-refractivity contribution is -0.785. The third kappa shape index (κ3) is 5.30. The highest BCUT2D eigenvalue weighted by atomic mass is 35.5. The van der Waals surface area contributed by atoms with Crippen molar-refractivity contribution in [3.05, 3.63) is 46.5 Å². The summed E-state index contributed by atoms with van der Waals surface area (Å²) in [5.74, 6) is -0.191. The highest BCUT2D eigenvalue weighted by Crippen LogP contribution is 2.28. The van der Waals surface area contributed by atoms with Crippen LogP contribution < -0.4 is 10.1 Å². The number of ether oxygens (including phenoxy) is 1. The van der Waals surface area contributed by atoms with Crippen LogP contribution in [0.15, 0.2) is 24.4 Å². The molecule has 0 aliphatic heterocycles. The zero-order valence-electron chi connectivity index (χ0n) is 16.5. The molecule has 2 N–H and O–H groups in total. The Balaban J connectivity index is 2.37. The number of nitrogens with zero attached hydrogens (tertiary/aromatic N) is 2. The van der Waals surface area contributed by atoms with Crippen LogP contribution >= 0.6 is 11.6 Å². The van der Waals surface area contributed by atoms with Gasteiger partial charge in [-0.2, -0.15) is 0 Å². The maximum Gasteiger partial charge on any atom is 0.365 e. The van der Waals surface area contributed by atoms with Crippen molar-refractivity contribution in [2.75, 3.05) is 21.1 Å². The summed E-state index contributed by atoms with van der Waals surface area (Å²) in [5.41, 5.74) is 1.18. The van der Waals surface area contributed by atoms with Gasteiger partial charge in [-0.25, -0.2) is 4.79 Å². The van der Waals surface area contributed by atoms with Crippen molar-refractivity contribution in [2.45, 2.75) is 32.9 Å². The van der Waals surface area contributed by atoms with Crippen LogP contribution in [0.5, 0.6) is 5.75 Å². The second-order valence-corrected chi connectivity index (χ2v) is 7.97. The Morgan fingerprint density at radius 3 is 2.41 bits per heavy atom. The monoisotopic (exact) mass is 393 g/mol. The van der Waals surface area contributed by atoms with Crippen LogP contribution in [0.1, 0.15) is 53.5 Å². The van der Waals surface area contributed by atoms with Crippen LogP contribution in [-0.4, -0.2) is 53.5 Å². The van der Waals surface area contributed by atoms with Gasteiger partial charge in [0.15, 0.2) is 11.4 Å². The molecule has 0 radical (unpaired) electrons. The molecule has 1 atom stereocenters. The zero-order chi connectivity index (χ0) is 20.4. The first-order valence-electron chi connectivity index (χ1n) is 8.67. The van der Waals surface area contributed by atoms with E-state index in [1.54, 1.807) is 39.3 Å². The van der Waals surface area contributed by atoms with Crippen molar-refractivity contribution in [1.82, 2.24) is 15.3 Å². The molecule has 0 saturated heterocycles. The average molecular weight is 394 g/mol. The van der Waals surface area contributed by atoms with Gasteiger partial charge in [-0.05, 0) is 32.9 Å². The van der Waals surface area contributed by atoms with Crippen molar-refractivity contribution >= 4 is 23.4 Å². The molecule has 0 aliphatic rings. The van der Waals surface area contributed by atoms with Gasteiger partial charge in [0.1, 0.15) is 11.8 Å². The highest BCUT2D eigenvalue weighted by molar-refractivity contribution is 6.30. The first kappa shape index (κ1) is 20.9. The van der Waals surface area contributed by atoms with Crippen molar-refractivity contribution in [1.29, 1.82) is 0 Å². The molecule has 27 heavy (non-hydrogen) atoms. The normalized spacial score (nSPS) is 12.7. The zero-order valence-corrected chi connectivity index (χ0v) is 17.2. The fourth-order valence-corrected chi connectivity index (χ4v) is 2.48. The molecule has 0 aliphatic carbocycles. The van der Waals surface area contributed by atoms with Crippen molar-refractivity contribution < 1.29 is 18.8 Å². The van der Waals surface area contributed by atoms with Crippen LogP contribution in [0.2, 0.25) is 5.02 Å². The largest absolute Gasteiger partial charge is 0.482 e. The molecule has 0 fully saturated rings. The summed E-state index contributed by atoms with van der Waals surface area (Å²) in [6.07, 6.45) is 1.10. The molecule has 2 heterocycles. The van der Waals surface area contributed by atoms with Gasteiger partial charge < -0.3 is 15.0 Å². The molecular formula is C19H26ClN4O3+. The van der Waals surface area contributed by atoms with Gasteiger partial charge in [0.25, 0.3) is 5.91 Å². The standard InChI is InChI=1S/C19H25ClN4O3/c1-11(2)22-18(25)15-9-16(17(23-15)19(26)24(4,5)6)27-12(3)14-8-7-13(20)10-21-14/h7-12H,1-6H3,(H-,22,23,25,26)/p+1. The fourth-order valence-electron chi connectivity index (χ4n) is 2.36. The molecule has 2 amide bonds. The molecule has 1 unspecified atom stereocenters. The quantitative estimate of drug-likeness (QED) is 0.738. The third-order valence-electron chi connectivity index (χ3n) is 3.74. The summed E-state index contributed by atoms with van der Waals surface area (Å²) < 4.78 is 6.03. The molecule has 0 saturated carbocycles. The number of hydrogen-bond donors (Lipinski definition) is 2. The van der Waals surface area contributed by atoms with Gasteiger partial charge in [0.05, 0.1) is 31.9 Å². The maximum atomic E-state index is 12.8. The second kappa shape index (κ2) is 8.10. The van der Waals surface area contributed by atoms with Crippen molar-refractivity contribution in [3.8, 4) is 5.75 Å². The van der Waals surface area contributed by atoms with Crippen LogP contribution in [0.3, 0.4) is 0 Å². The Labute approximate surface area is 164 Å². The molecule has 0 bridgehead atoms. The SMILES string of the molecule is CC(C)NC(=O)c1cc(OC(C)c2ccc(Cl)cn2)c(C(=O)[N+](C)(C)C)[nH]1. The van der Waals surface area contributed by atoms with Crippen LogP contribution in [0, 0.1) is 0 Å².